The Morgan fingerprint density at radius 1 is 1.42 bits per heavy atom. The zero-order valence-corrected chi connectivity index (χ0v) is 16.6. The minimum absolute atomic E-state index is 0.0553. The number of benzene rings is 1. The molecule has 3 aromatic rings. The predicted molar refractivity (Wildman–Crippen MR) is 106 cm³/mol. The van der Waals surface area contributed by atoms with Crippen LogP contribution in [0.25, 0.3) is 16.0 Å². The highest BCUT2D eigenvalue weighted by Crippen LogP contribution is 2.25. The number of carbonyl (C=O) groups is 1. The van der Waals surface area contributed by atoms with Crippen LogP contribution in [0.5, 0.6) is 0 Å². The van der Waals surface area contributed by atoms with E-state index in [0.717, 1.165) is 40.5 Å². The van der Waals surface area contributed by atoms with E-state index in [4.69, 9.17) is 4.74 Å². The SMILES string of the molecule is COCCNCc1ccc2nc3sc(C(=O)N(C)CC(C)C)cn3c2c1. The minimum Gasteiger partial charge on any atom is -0.383 e. The molecule has 0 aliphatic heterocycles. The highest BCUT2D eigenvalue weighted by atomic mass is 32.1. The highest BCUT2D eigenvalue weighted by molar-refractivity contribution is 7.18. The molecule has 0 spiro atoms. The molecule has 1 aromatic carbocycles. The molecule has 3 rings (SSSR count). The summed E-state index contributed by atoms with van der Waals surface area (Å²) in [5.41, 5.74) is 3.17. The van der Waals surface area contributed by atoms with Crippen molar-refractivity contribution < 1.29 is 9.53 Å². The summed E-state index contributed by atoms with van der Waals surface area (Å²) in [6, 6.07) is 6.25. The summed E-state index contributed by atoms with van der Waals surface area (Å²) >= 11 is 1.45. The molecule has 7 heteroatoms. The first-order chi connectivity index (χ1) is 12.5. The molecule has 140 valence electrons. The van der Waals surface area contributed by atoms with Crippen molar-refractivity contribution in [3.63, 3.8) is 0 Å². The summed E-state index contributed by atoms with van der Waals surface area (Å²) < 4.78 is 7.08. The lowest BCUT2D eigenvalue weighted by molar-refractivity contribution is 0.0783. The lowest BCUT2D eigenvalue weighted by Gasteiger charge is -2.18. The third-order valence-electron chi connectivity index (χ3n) is 4.18. The van der Waals surface area contributed by atoms with Gasteiger partial charge in [0.25, 0.3) is 5.91 Å². The number of rotatable bonds is 8. The van der Waals surface area contributed by atoms with E-state index in [-0.39, 0.29) is 5.91 Å². The van der Waals surface area contributed by atoms with Gasteiger partial charge in [-0.05, 0) is 23.6 Å². The molecule has 0 saturated carbocycles. The zero-order valence-electron chi connectivity index (χ0n) is 15.8. The van der Waals surface area contributed by atoms with E-state index >= 15 is 0 Å². The molecule has 2 heterocycles. The van der Waals surface area contributed by atoms with E-state index in [0.29, 0.717) is 12.5 Å². The normalized spacial score (nSPS) is 11.7. The molecule has 0 saturated heterocycles. The number of hydrogen-bond donors (Lipinski definition) is 1. The van der Waals surface area contributed by atoms with Gasteiger partial charge in [-0.1, -0.05) is 31.3 Å². The fourth-order valence-electron chi connectivity index (χ4n) is 2.99. The van der Waals surface area contributed by atoms with Gasteiger partial charge in [-0.25, -0.2) is 4.98 Å². The number of amides is 1. The number of thiazole rings is 1. The molecule has 0 fully saturated rings. The summed E-state index contributed by atoms with van der Waals surface area (Å²) in [5.74, 6) is 0.502. The monoisotopic (exact) mass is 374 g/mol. The van der Waals surface area contributed by atoms with E-state index in [1.54, 1.807) is 12.0 Å². The van der Waals surface area contributed by atoms with Crippen LogP contribution < -0.4 is 5.32 Å². The second kappa shape index (κ2) is 8.16. The molecular weight excluding hydrogens is 348 g/mol. The molecule has 0 atom stereocenters. The average molecular weight is 375 g/mol. The van der Waals surface area contributed by atoms with Gasteiger partial charge in [0.1, 0.15) is 4.88 Å². The van der Waals surface area contributed by atoms with Crippen molar-refractivity contribution in [3.8, 4) is 0 Å². The molecular formula is C19H26N4O2S. The maximum absolute atomic E-state index is 12.6. The van der Waals surface area contributed by atoms with Crippen LogP contribution in [0.15, 0.2) is 24.4 Å². The van der Waals surface area contributed by atoms with Gasteiger partial charge in [0.2, 0.25) is 0 Å². The van der Waals surface area contributed by atoms with Crippen molar-refractivity contribution in [2.24, 2.45) is 5.92 Å². The summed E-state index contributed by atoms with van der Waals surface area (Å²) in [4.78, 5) is 20.6. The third kappa shape index (κ3) is 4.06. The van der Waals surface area contributed by atoms with Gasteiger partial charge in [0.05, 0.1) is 17.6 Å². The number of imidazole rings is 1. The molecule has 1 N–H and O–H groups in total. The number of aromatic nitrogens is 2. The van der Waals surface area contributed by atoms with E-state index < -0.39 is 0 Å². The predicted octanol–water partition coefficient (Wildman–Crippen LogP) is 3.01. The molecule has 1 amide bonds. The van der Waals surface area contributed by atoms with Crippen LogP contribution in [-0.4, -0.2) is 54.0 Å². The average Bonchev–Trinajstić information content (AvgIpc) is 3.15. The Hall–Kier alpha value is -1.96. The van der Waals surface area contributed by atoms with E-state index in [2.05, 4.69) is 36.3 Å². The number of methoxy groups -OCH3 is 1. The quantitative estimate of drug-likeness (QED) is 0.616. The van der Waals surface area contributed by atoms with E-state index in [1.807, 2.05) is 23.7 Å². The summed E-state index contributed by atoms with van der Waals surface area (Å²) in [5, 5.41) is 3.35. The van der Waals surface area contributed by atoms with Gasteiger partial charge in [0.15, 0.2) is 4.96 Å². The first-order valence-corrected chi connectivity index (χ1v) is 9.67. The van der Waals surface area contributed by atoms with Gasteiger partial charge < -0.3 is 15.0 Å². The van der Waals surface area contributed by atoms with Crippen molar-refractivity contribution in [1.29, 1.82) is 0 Å². The van der Waals surface area contributed by atoms with Crippen molar-refractivity contribution in [2.45, 2.75) is 20.4 Å². The molecule has 0 aliphatic rings. The second-order valence-electron chi connectivity index (χ2n) is 6.93. The zero-order chi connectivity index (χ0) is 18.7. The molecule has 0 bridgehead atoms. The molecule has 0 radical (unpaired) electrons. The van der Waals surface area contributed by atoms with Crippen molar-refractivity contribution >= 4 is 33.2 Å². The largest absolute Gasteiger partial charge is 0.383 e. The molecule has 0 aliphatic carbocycles. The first-order valence-electron chi connectivity index (χ1n) is 8.85. The minimum atomic E-state index is 0.0553. The Morgan fingerprint density at radius 3 is 2.96 bits per heavy atom. The van der Waals surface area contributed by atoms with Gasteiger partial charge in [-0.15, -0.1) is 0 Å². The Bertz CT molecular complexity index is 900. The number of nitrogens with zero attached hydrogens (tertiary/aromatic N) is 3. The van der Waals surface area contributed by atoms with Crippen LogP contribution in [0, 0.1) is 5.92 Å². The molecule has 6 nitrogen and oxygen atoms in total. The van der Waals surface area contributed by atoms with E-state index in [1.165, 1.54) is 16.9 Å². The summed E-state index contributed by atoms with van der Waals surface area (Å²) in [7, 11) is 3.55. The van der Waals surface area contributed by atoms with Crippen LogP contribution >= 0.6 is 11.3 Å². The van der Waals surface area contributed by atoms with Gasteiger partial charge in [0, 0.05) is 40.0 Å². The maximum Gasteiger partial charge on any atom is 0.265 e. The van der Waals surface area contributed by atoms with Crippen molar-refractivity contribution in [2.75, 3.05) is 33.9 Å². The maximum atomic E-state index is 12.6. The first kappa shape index (κ1) is 18.8. The lowest BCUT2D eigenvalue weighted by atomic mass is 10.2. The second-order valence-corrected chi connectivity index (χ2v) is 7.94. The third-order valence-corrected chi connectivity index (χ3v) is 5.15. The fourth-order valence-corrected chi connectivity index (χ4v) is 3.98. The number of nitrogens with one attached hydrogen (secondary N) is 1. The van der Waals surface area contributed by atoms with Crippen LogP contribution in [0.4, 0.5) is 0 Å². The van der Waals surface area contributed by atoms with Crippen LogP contribution in [0.3, 0.4) is 0 Å². The van der Waals surface area contributed by atoms with Crippen LogP contribution in [-0.2, 0) is 11.3 Å². The van der Waals surface area contributed by atoms with Crippen LogP contribution in [0.1, 0.15) is 29.1 Å². The summed E-state index contributed by atoms with van der Waals surface area (Å²) in [6.45, 7) is 7.26. The highest BCUT2D eigenvalue weighted by Gasteiger charge is 2.18. The number of ether oxygens (including phenoxy) is 1. The van der Waals surface area contributed by atoms with Gasteiger partial charge in [-0.2, -0.15) is 0 Å². The van der Waals surface area contributed by atoms with Crippen molar-refractivity contribution in [1.82, 2.24) is 19.6 Å². The number of fused-ring (bicyclic) bond motifs is 3. The fraction of sp³-hybridized carbons (Fsp3) is 0.474. The Morgan fingerprint density at radius 2 is 2.23 bits per heavy atom. The van der Waals surface area contributed by atoms with Gasteiger partial charge in [-0.3, -0.25) is 9.20 Å². The standard InChI is InChI=1S/C19H26N4O2S/c1-13(2)11-22(3)18(24)17-12-23-16-9-14(10-20-7-8-25-4)5-6-15(16)21-19(23)26-17/h5-6,9,12-13,20H,7-8,10-11H2,1-4H3. The smallest absolute Gasteiger partial charge is 0.265 e. The Labute approximate surface area is 157 Å². The Kier molecular flexibility index (Phi) is 5.90. The molecule has 2 aromatic heterocycles. The molecule has 26 heavy (non-hydrogen) atoms. The van der Waals surface area contributed by atoms with Crippen molar-refractivity contribution in [3.05, 3.63) is 34.8 Å². The van der Waals surface area contributed by atoms with Gasteiger partial charge >= 0.3 is 0 Å². The lowest BCUT2D eigenvalue weighted by Crippen LogP contribution is -2.29. The summed E-state index contributed by atoms with van der Waals surface area (Å²) in [6.07, 6.45) is 1.91. The topological polar surface area (TPSA) is 58.9 Å². The van der Waals surface area contributed by atoms with Crippen LogP contribution in [0.2, 0.25) is 0 Å². The number of carbonyl (C=O) groups excluding carboxylic acids is 1. The van der Waals surface area contributed by atoms with E-state index in [9.17, 15) is 4.79 Å². The molecule has 0 unspecified atom stereocenters. The Balaban J connectivity index is 1.83. The number of hydrogen-bond acceptors (Lipinski definition) is 5.